The van der Waals surface area contributed by atoms with Crippen molar-refractivity contribution < 1.29 is 9.90 Å². The van der Waals surface area contributed by atoms with Gasteiger partial charge >= 0.3 is 5.97 Å². The molecule has 0 aromatic carbocycles. The zero-order valence-corrected chi connectivity index (χ0v) is 5.92. The minimum absolute atomic E-state index is 0.426. The third kappa shape index (κ3) is 0.825. The van der Waals surface area contributed by atoms with Gasteiger partial charge in [0, 0.05) is 6.42 Å². The van der Waals surface area contributed by atoms with Gasteiger partial charge in [-0.15, -0.1) is 0 Å². The SMILES string of the molecule is O=C(O)CC1C2CCCC21. The van der Waals surface area contributed by atoms with Crippen LogP contribution in [-0.2, 0) is 4.79 Å². The van der Waals surface area contributed by atoms with Crippen LogP contribution in [0.15, 0.2) is 0 Å². The highest BCUT2D eigenvalue weighted by molar-refractivity contribution is 5.67. The first-order valence-corrected chi connectivity index (χ1v) is 4.01. The number of fused-ring (bicyclic) bond motifs is 1. The molecule has 2 nitrogen and oxygen atoms in total. The molecule has 10 heavy (non-hydrogen) atoms. The van der Waals surface area contributed by atoms with E-state index in [2.05, 4.69) is 0 Å². The Hall–Kier alpha value is -0.530. The van der Waals surface area contributed by atoms with Crippen LogP contribution in [0.3, 0.4) is 0 Å². The van der Waals surface area contributed by atoms with E-state index in [0.29, 0.717) is 12.3 Å². The number of rotatable bonds is 2. The lowest BCUT2D eigenvalue weighted by atomic mass is 10.1. The first-order chi connectivity index (χ1) is 4.79. The maximum atomic E-state index is 10.3. The summed E-state index contributed by atoms with van der Waals surface area (Å²) in [5, 5.41) is 8.48. The molecule has 0 amide bonds. The molecule has 2 fully saturated rings. The molecule has 1 N–H and O–H groups in total. The van der Waals surface area contributed by atoms with Crippen LogP contribution in [0.1, 0.15) is 25.7 Å². The zero-order valence-electron chi connectivity index (χ0n) is 5.92. The fourth-order valence-electron chi connectivity index (χ4n) is 2.47. The molecule has 56 valence electrons. The zero-order chi connectivity index (χ0) is 7.14. The molecule has 0 bridgehead atoms. The van der Waals surface area contributed by atoms with Crippen molar-refractivity contribution in [3.05, 3.63) is 0 Å². The molecule has 0 aliphatic heterocycles. The van der Waals surface area contributed by atoms with Gasteiger partial charge in [0.25, 0.3) is 0 Å². The Morgan fingerprint density at radius 1 is 1.40 bits per heavy atom. The Balaban J connectivity index is 1.84. The summed E-state index contributed by atoms with van der Waals surface area (Å²) in [5.41, 5.74) is 0. The third-order valence-corrected chi connectivity index (χ3v) is 2.99. The molecule has 0 spiro atoms. The van der Waals surface area contributed by atoms with Crippen molar-refractivity contribution in [2.75, 3.05) is 0 Å². The van der Waals surface area contributed by atoms with Crippen molar-refractivity contribution in [3.63, 3.8) is 0 Å². The number of carbonyl (C=O) groups is 1. The van der Waals surface area contributed by atoms with E-state index >= 15 is 0 Å². The molecule has 2 atom stereocenters. The lowest BCUT2D eigenvalue weighted by Gasteiger charge is -1.96. The number of carboxylic acid groups (broad SMARTS) is 1. The van der Waals surface area contributed by atoms with Crippen LogP contribution in [0.2, 0.25) is 0 Å². The summed E-state index contributed by atoms with van der Waals surface area (Å²) in [6, 6.07) is 0. The van der Waals surface area contributed by atoms with Crippen molar-refractivity contribution in [1.82, 2.24) is 0 Å². The summed E-state index contributed by atoms with van der Waals surface area (Å²) in [7, 11) is 0. The molecular weight excluding hydrogens is 128 g/mol. The normalized spacial score (nSPS) is 43.0. The number of aliphatic carboxylic acids is 1. The molecule has 0 aromatic rings. The molecule has 0 radical (unpaired) electrons. The standard InChI is InChI=1S/C8H12O2/c9-8(10)4-7-5-2-1-3-6(5)7/h5-7H,1-4H2,(H,9,10). The van der Waals surface area contributed by atoms with Gasteiger partial charge < -0.3 is 5.11 Å². The molecule has 2 aliphatic carbocycles. The van der Waals surface area contributed by atoms with Gasteiger partial charge in [-0.25, -0.2) is 0 Å². The second-order valence-corrected chi connectivity index (χ2v) is 3.52. The lowest BCUT2D eigenvalue weighted by molar-refractivity contribution is -0.137. The molecule has 2 heteroatoms. The van der Waals surface area contributed by atoms with Gasteiger partial charge in [-0.3, -0.25) is 4.79 Å². The van der Waals surface area contributed by atoms with Crippen LogP contribution in [0.4, 0.5) is 0 Å². The minimum Gasteiger partial charge on any atom is -0.481 e. The van der Waals surface area contributed by atoms with E-state index in [1.165, 1.54) is 19.3 Å². The van der Waals surface area contributed by atoms with Gasteiger partial charge in [-0.05, 0) is 30.6 Å². The van der Waals surface area contributed by atoms with Gasteiger partial charge in [0.05, 0.1) is 0 Å². The number of carboxylic acids is 1. The van der Waals surface area contributed by atoms with E-state index < -0.39 is 5.97 Å². The third-order valence-electron chi connectivity index (χ3n) is 2.99. The predicted molar refractivity (Wildman–Crippen MR) is 36.6 cm³/mol. The van der Waals surface area contributed by atoms with E-state index in [9.17, 15) is 4.79 Å². The highest BCUT2D eigenvalue weighted by Gasteiger charge is 2.52. The van der Waals surface area contributed by atoms with Crippen molar-refractivity contribution in [1.29, 1.82) is 0 Å². The Morgan fingerprint density at radius 3 is 2.50 bits per heavy atom. The molecule has 2 saturated carbocycles. The van der Waals surface area contributed by atoms with Crippen molar-refractivity contribution in [2.45, 2.75) is 25.7 Å². The summed E-state index contributed by atoms with van der Waals surface area (Å²) < 4.78 is 0. The highest BCUT2D eigenvalue weighted by atomic mass is 16.4. The summed E-state index contributed by atoms with van der Waals surface area (Å²) in [6.07, 6.45) is 4.35. The van der Waals surface area contributed by atoms with Gasteiger partial charge in [0.1, 0.15) is 0 Å². The van der Waals surface area contributed by atoms with E-state index in [-0.39, 0.29) is 0 Å². The van der Waals surface area contributed by atoms with E-state index in [4.69, 9.17) is 5.11 Å². The summed E-state index contributed by atoms with van der Waals surface area (Å²) in [6.45, 7) is 0. The minimum atomic E-state index is -0.612. The van der Waals surface area contributed by atoms with Gasteiger partial charge in [-0.1, -0.05) is 6.42 Å². The molecule has 2 aliphatic rings. The van der Waals surface area contributed by atoms with E-state index in [1.54, 1.807) is 0 Å². The lowest BCUT2D eigenvalue weighted by Crippen LogP contribution is -1.99. The molecule has 2 unspecified atom stereocenters. The Labute approximate surface area is 60.2 Å². The average molecular weight is 140 g/mol. The molecule has 0 saturated heterocycles. The summed E-state index contributed by atoms with van der Waals surface area (Å²) in [5.74, 6) is 1.55. The molecule has 0 heterocycles. The second kappa shape index (κ2) is 1.97. The quantitative estimate of drug-likeness (QED) is 0.631. The maximum absolute atomic E-state index is 10.3. The Morgan fingerprint density at radius 2 is 2.00 bits per heavy atom. The first-order valence-electron chi connectivity index (χ1n) is 4.01. The first kappa shape index (κ1) is 6.20. The molecule has 0 aromatic heterocycles. The van der Waals surface area contributed by atoms with Crippen molar-refractivity contribution in [2.24, 2.45) is 17.8 Å². The van der Waals surface area contributed by atoms with E-state index in [1.807, 2.05) is 0 Å². The molecular formula is C8H12O2. The maximum Gasteiger partial charge on any atom is 0.303 e. The van der Waals surface area contributed by atoms with Crippen LogP contribution in [0.25, 0.3) is 0 Å². The van der Waals surface area contributed by atoms with Crippen LogP contribution < -0.4 is 0 Å². The number of hydrogen-bond acceptors (Lipinski definition) is 1. The van der Waals surface area contributed by atoms with Crippen LogP contribution in [0, 0.1) is 17.8 Å². The van der Waals surface area contributed by atoms with Crippen molar-refractivity contribution in [3.8, 4) is 0 Å². The van der Waals surface area contributed by atoms with Crippen molar-refractivity contribution >= 4 is 5.97 Å². The summed E-state index contributed by atoms with van der Waals surface area (Å²) >= 11 is 0. The topological polar surface area (TPSA) is 37.3 Å². The highest BCUT2D eigenvalue weighted by Crippen LogP contribution is 2.58. The van der Waals surface area contributed by atoms with Crippen LogP contribution >= 0.6 is 0 Å². The Kier molecular flexibility index (Phi) is 1.22. The van der Waals surface area contributed by atoms with Crippen LogP contribution in [0.5, 0.6) is 0 Å². The largest absolute Gasteiger partial charge is 0.481 e. The average Bonchev–Trinajstić information content (AvgIpc) is 2.40. The predicted octanol–water partition coefficient (Wildman–Crippen LogP) is 1.51. The van der Waals surface area contributed by atoms with Gasteiger partial charge in [0.2, 0.25) is 0 Å². The van der Waals surface area contributed by atoms with Crippen LogP contribution in [-0.4, -0.2) is 11.1 Å². The van der Waals surface area contributed by atoms with Gasteiger partial charge in [-0.2, -0.15) is 0 Å². The smallest absolute Gasteiger partial charge is 0.303 e. The van der Waals surface area contributed by atoms with E-state index in [0.717, 1.165) is 11.8 Å². The molecule has 2 rings (SSSR count). The van der Waals surface area contributed by atoms with Gasteiger partial charge in [0.15, 0.2) is 0 Å². The fourth-order valence-corrected chi connectivity index (χ4v) is 2.47. The fraction of sp³-hybridized carbons (Fsp3) is 0.875. The number of hydrogen-bond donors (Lipinski definition) is 1. The summed E-state index contributed by atoms with van der Waals surface area (Å²) in [4.78, 5) is 10.3. The Bertz CT molecular complexity index is 155. The second-order valence-electron chi connectivity index (χ2n) is 3.52. The monoisotopic (exact) mass is 140 g/mol.